The first-order valence-electron chi connectivity index (χ1n) is 6.81. The number of nitrogens with zero attached hydrogens (tertiary/aromatic N) is 2. The quantitative estimate of drug-likeness (QED) is 0.795. The van der Waals surface area contributed by atoms with Crippen molar-refractivity contribution in [1.82, 2.24) is 9.78 Å². The molecule has 0 saturated carbocycles. The Kier molecular flexibility index (Phi) is 3.54. The van der Waals surface area contributed by atoms with E-state index >= 15 is 0 Å². The Bertz CT molecular complexity index is 748. The molecule has 3 nitrogen and oxygen atoms in total. The predicted molar refractivity (Wildman–Crippen MR) is 81.6 cm³/mol. The molecule has 21 heavy (non-hydrogen) atoms. The van der Waals surface area contributed by atoms with E-state index in [9.17, 15) is 4.39 Å². The highest BCUT2D eigenvalue weighted by Crippen LogP contribution is 2.25. The van der Waals surface area contributed by atoms with Crippen LogP contribution >= 0.6 is 0 Å². The Morgan fingerprint density at radius 3 is 2.52 bits per heavy atom. The molecule has 4 heteroatoms. The fraction of sp³-hybridized carbons (Fsp3) is 0.118. The largest absolute Gasteiger partial charge is 0.324 e. The molecule has 2 aromatic carbocycles. The molecule has 3 aromatic rings. The van der Waals surface area contributed by atoms with Crippen LogP contribution in [-0.4, -0.2) is 9.78 Å². The SMILES string of the molecule is C[C@@H](N)c1c(F)cccc1-n1cc(-c2ccccc2)cn1. The zero-order chi connectivity index (χ0) is 14.8. The third kappa shape index (κ3) is 2.58. The van der Waals surface area contributed by atoms with Gasteiger partial charge in [-0.05, 0) is 24.6 Å². The van der Waals surface area contributed by atoms with Gasteiger partial charge in [-0.15, -0.1) is 0 Å². The van der Waals surface area contributed by atoms with E-state index in [1.54, 1.807) is 23.9 Å². The lowest BCUT2D eigenvalue weighted by Gasteiger charge is -2.13. The van der Waals surface area contributed by atoms with Crippen LogP contribution in [-0.2, 0) is 0 Å². The summed E-state index contributed by atoms with van der Waals surface area (Å²) in [4.78, 5) is 0. The molecule has 106 valence electrons. The Balaban J connectivity index is 2.07. The molecule has 0 aliphatic heterocycles. The lowest BCUT2D eigenvalue weighted by Crippen LogP contribution is -2.12. The van der Waals surface area contributed by atoms with Gasteiger partial charge in [0.15, 0.2) is 0 Å². The molecule has 0 bridgehead atoms. The van der Waals surface area contributed by atoms with Crippen LogP contribution in [0.1, 0.15) is 18.5 Å². The summed E-state index contributed by atoms with van der Waals surface area (Å²) < 4.78 is 15.7. The van der Waals surface area contributed by atoms with Crippen molar-refractivity contribution in [2.75, 3.05) is 0 Å². The van der Waals surface area contributed by atoms with Crippen molar-refractivity contribution in [2.45, 2.75) is 13.0 Å². The summed E-state index contributed by atoms with van der Waals surface area (Å²) in [7, 11) is 0. The van der Waals surface area contributed by atoms with Crippen molar-refractivity contribution in [1.29, 1.82) is 0 Å². The van der Waals surface area contributed by atoms with Gasteiger partial charge in [0.25, 0.3) is 0 Å². The lowest BCUT2D eigenvalue weighted by molar-refractivity contribution is 0.589. The molecule has 0 radical (unpaired) electrons. The van der Waals surface area contributed by atoms with Crippen LogP contribution < -0.4 is 5.73 Å². The van der Waals surface area contributed by atoms with E-state index in [1.165, 1.54) is 6.07 Å². The fourth-order valence-electron chi connectivity index (χ4n) is 2.41. The van der Waals surface area contributed by atoms with E-state index in [4.69, 9.17) is 5.73 Å². The topological polar surface area (TPSA) is 43.8 Å². The lowest BCUT2D eigenvalue weighted by atomic mass is 10.1. The maximum absolute atomic E-state index is 14.0. The van der Waals surface area contributed by atoms with Crippen LogP contribution in [0.2, 0.25) is 0 Å². The standard InChI is InChI=1S/C17H16FN3/c1-12(19)17-15(18)8-5-9-16(17)21-11-14(10-20-21)13-6-3-2-4-7-13/h2-12H,19H2,1H3/t12-/m1/s1. The minimum Gasteiger partial charge on any atom is -0.324 e. The molecule has 3 rings (SSSR count). The average Bonchev–Trinajstić information content (AvgIpc) is 2.97. The van der Waals surface area contributed by atoms with E-state index in [2.05, 4.69) is 5.10 Å². The third-order valence-electron chi connectivity index (χ3n) is 3.42. The van der Waals surface area contributed by atoms with E-state index in [1.807, 2.05) is 42.6 Å². The van der Waals surface area contributed by atoms with Gasteiger partial charge in [-0.1, -0.05) is 36.4 Å². The van der Waals surface area contributed by atoms with Crippen molar-refractivity contribution >= 4 is 0 Å². The van der Waals surface area contributed by atoms with Gasteiger partial charge in [0.1, 0.15) is 5.82 Å². The van der Waals surface area contributed by atoms with Crippen LogP contribution in [0.3, 0.4) is 0 Å². The highest BCUT2D eigenvalue weighted by molar-refractivity contribution is 5.62. The molecule has 0 spiro atoms. The second kappa shape index (κ2) is 5.50. The highest BCUT2D eigenvalue weighted by Gasteiger charge is 2.14. The molecule has 1 atom stereocenters. The van der Waals surface area contributed by atoms with Crippen LogP contribution in [0.5, 0.6) is 0 Å². The molecular weight excluding hydrogens is 265 g/mol. The molecular formula is C17H16FN3. The Morgan fingerprint density at radius 1 is 1.05 bits per heavy atom. The van der Waals surface area contributed by atoms with E-state index < -0.39 is 6.04 Å². The average molecular weight is 281 g/mol. The highest BCUT2D eigenvalue weighted by atomic mass is 19.1. The monoisotopic (exact) mass is 281 g/mol. The Morgan fingerprint density at radius 2 is 1.81 bits per heavy atom. The summed E-state index contributed by atoms with van der Waals surface area (Å²) in [5.41, 5.74) is 9.09. The van der Waals surface area contributed by atoms with Gasteiger partial charge in [-0.3, -0.25) is 0 Å². The summed E-state index contributed by atoms with van der Waals surface area (Å²) >= 11 is 0. The zero-order valence-corrected chi connectivity index (χ0v) is 11.7. The van der Waals surface area contributed by atoms with Gasteiger partial charge in [-0.25, -0.2) is 9.07 Å². The number of nitrogens with two attached hydrogens (primary N) is 1. The Hall–Kier alpha value is -2.46. The molecule has 0 saturated heterocycles. The molecule has 0 aliphatic carbocycles. The summed E-state index contributed by atoms with van der Waals surface area (Å²) in [6.07, 6.45) is 3.65. The minimum absolute atomic E-state index is 0.306. The van der Waals surface area contributed by atoms with Gasteiger partial charge < -0.3 is 5.73 Å². The fourth-order valence-corrected chi connectivity index (χ4v) is 2.41. The van der Waals surface area contributed by atoms with Crippen molar-refractivity contribution in [3.05, 3.63) is 72.3 Å². The third-order valence-corrected chi connectivity index (χ3v) is 3.42. The van der Waals surface area contributed by atoms with Gasteiger partial charge in [0.2, 0.25) is 0 Å². The second-order valence-electron chi connectivity index (χ2n) is 5.00. The zero-order valence-electron chi connectivity index (χ0n) is 11.7. The normalized spacial score (nSPS) is 12.3. The smallest absolute Gasteiger partial charge is 0.130 e. The van der Waals surface area contributed by atoms with Crippen LogP contribution in [0.15, 0.2) is 60.9 Å². The summed E-state index contributed by atoms with van der Waals surface area (Å²) in [5, 5.41) is 4.34. The molecule has 0 unspecified atom stereocenters. The predicted octanol–water partition coefficient (Wildman–Crippen LogP) is 3.70. The van der Waals surface area contributed by atoms with E-state index in [0.717, 1.165) is 11.1 Å². The maximum Gasteiger partial charge on any atom is 0.130 e. The minimum atomic E-state index is -0.398. The molecule has 1 heterocycles. The first-order valence-corrected chi connectivity index (χ1v) is 6.81. The second-order valence-corrected chi connectivity index (χ2v) is 5.00. The van der Waals surface area contributed by atoms with Gasteiger partial charge in [-0.2, -0.15) is 5.10 Å². The van der Waals surface area contributed by atoms with Crippen molar-refractivity contribution in [3.8, 4) is 16.8 Å². The first-order chi connectivity index (χ1) is 10.2. The van der Waals surface area contributed by atoms with Crippen molar-refractivity contribution < 1.29 is 4.39 Å². The first kappa shape index (κ1) is 13.5. The van der Waals surface area contributed by atoms with Crippen molar-refractivity contribution in [3.63, 3.8) is 0 Å². The molecule has 2 N–H and O–H groups in total. The van der Waals surface area contributed by atoms with E-state index in [-0.39, 0.29) is 5.82 Å². The summed E-state index contributed by atoms with van der Waals surface area (Å²) in [5.74, 6) is -0.306. The number of rotatable bonds is 3. The number of aromatic nitrogens is 2. The summed E-state index contributed by atoms with van der Waals surface area (Å²) in [6.45, 7) is 1.77. The van der Waals surface area contributed by atoms with Gasteiger partial charge in [0.05, 0.1) is 11.9 Å². The number of hydrogen-bond donors (Lipinski definition) is 1. The van der Waals surface area contributed by atoms with E-state index in [0.29, 0.717) is 11.3 Å². The molecule has 0 amide bonds. The molecule has 0 fully saturated rings. The molecule has 1 aromatic heterocycles. The number of halogens is 1. The Labute approximate surface area is 122 Å². The number of hydrogen-bond acceptors (Lipinski definition) is 2. The maximum atomic E-state index is 14.0. The number of benzene rings is 2. The summed E-state index contributed by atoms with van der Waals surface area (Å²) in [6, 6.07) is 14.5. The van der Waals surface area contributed by atoms with Gasteiger partial charge >= 0.3 is 0 Å². The van der Waals surface area contributed by atoms with Crippen molar-refractivity contribution in [2.24, 2.45) is 5.73 Å². The van der Waals surface area contributed by atoms with Crippen LogP contribution in [0, 0.1) is 5.82 Å². The van der Waals surface area contributed by atoms with Crippen LogP contribution in [0.4, 0.5) is 4.39 Å². The van der Waals surface area contributed by atoms with Crippen LogP contribution in [0.25, 0.3) is 16.8 Å². The molecule has 0 aliphatic rings. The van der Waals surface area contributed by atoms with Gasteiger partial charge in [0, 0.05) is 23.4 Å².